The number of aromatic nitrogens is 1. The zero-order valence-electron chi connectivity index (χ0n) is 13.6. The number of hydrogen-bond acceptors (Lipinski definition) is 4. The second-order valence-electron chi connectivity index (χ2n) is 6.57. The van der Waals surface area contributed by atoms with Crippen LogP contribution in [-0.2, 0) is 11.3 Å². The van der Waals surface area contributed by atoms with Crippen LogP contribution in [0, 0.1) is 5.92 Å². The van der Waals surface area contributed by atoms with Gasteiger partial charge in [0.05, 0.1) is 12.2 Å². The zero-order chi connectivity index (χ0) is 15.1. The molecule has 118 valence electrons. The standard InChI is InChI=1S/C17H29N3O/c1-14(2)9-19-11-16-6-7-17(21-16)13-20(3)12-15-5-4-8-18-10-15/h4-5,8,10,14,16-17,19H,6-7,9,11-13H2,1-3H3. The number of nitrogens with zero attached hydrogens (tertiary/aromatic N) is 2. The van der Waals surface area contributed by atoms with Crippen molar-refractivity contribution >= 4 is 0 Å². The molecule has 2 unspecified atom stereocenters. The minimum atomic E-state index is 0.373. The summed E-state index contributed by atoms with van der Waals surface area (Å²) < 4.78 is 6.13. The summed E-state index contributed by atoms with van der Waals surface area (Å²) in [4.78, 5) is 6.49. The molecule has 1 aromatic rings. The zero-order valence-corrected chi connectivity index (χ0v) is 13.6. The molecule has 21 heavy (non-hydrogen) atoms. The Hall–Kier alpha value is -0.970. The summed E-state index contributed by atoms with van der Waals surface area (Å²) in [6.07, 6.45) is 6.86. The van der Waals surface area contributed by atoms with E-state index >= 15 is 0 Å². The van der Waals surface area contributed by atoms with Gasteiger partial charge in [-0.2, -0.15) is 0 Å². The summed E-state index contributed by atoms with van der Waals surface area (Å²) in [6, 6.07) is 4.11. The van der Waals surface area contributed by atoms with Gasteiger partial charge in [-0.25, -0.2) is 0 Å². The van der Waals surface area contributed by atoms with E-state index in [2.05, 4.69) is 42.2 Å². The fourth-order valence-corrected chi connectivity index (χ4v) is 2.81. The third kappa shape index (κ3) is 6.12. The first-order chi connectivity index (χ1) is 10.1. The van der Waals surface area contributed by atoms with Crippen LogP contribution >= 0.6 is 0 Å². The second kappa shape index (κ2) is 8.47. The normalized spacial score (nSPS) is 22.3. The quantitative estimate of drug-likeness (QED) is 0.797. The van der Waals surface area contributed by atoms with Crippen LogP contribution in [0.2, 0.25) is 0 Å². The van der Waals surface area contributed by atoms with Crippen LogP contribution in [0.1, 0.15) is 32.3 Å². The number of nitrogens with one attached hydrogen (secondary N) is 1. The lowest BCUT2D eigenvalue weighted by atomic mass is 10.1. The molecular weight excluding hydrogens is 262 g/mol. The molecule has 1 aliphatic rings. The van der Waals surface area contributed by atoms with Crippen LogP contribution in [0.5, 0.6) is 0 Å². The fraction of sp³-hybridized carbons (Fsp3) is 0.706. The van der Waals surface area contributed by atoms with Crippen molar-refractivity contribution in [3.05, 3.63) is 30.1 Å². The van der Waals surface area contributed by atoms with Crippen molar-refractivity contribution in [2.24, 2.45) is 5.92 Å². The number of ether oxygens (including phenoxy) is 1. The van der Waals surface area contributed by atoms with Gasteiger partial charge >= 0.3 is 0 Å². The van der Waals surface area contributed by atoms with Crippen molar-refractivity contribution in [1.29, 1.82) is 0 Å². The number of pyridine rings is 1. The molecule has 0 radical (unpaired) electrons. The largest absolute Gasteiger partial charge is 0.372 e. The SMILES string of the molecule is CC(C)CNCC1CCC(CN(C)Cc2cccnc2)O1. The van der Waals surface area contributed by atoms with Gasteiger partial charge in [-0.1, -0.05) is 19.9 Å². The minimum Gasteiger partial charge on any atom is -0.372 e. The van der Waals surface area contributed by atoms with E-state index in [4.69, 9.17) is 4.74 Å². The van der Waals surface area contributed by atoms with Gasteiger partial charge in [-0.3, -0.25) is 9.88 Å². The molecule has 1 fully saturated rings. The van der Waals surface area contributed by atoms with E-state index in [0.717, 1.165) is 26.2 Å². The first kappa shape index (κ1) is 16.4. The predicted molar refractivity (Wildman–Crippen MR) is 86.2 cm³/mol. The van der Waals surface area contributed by atoms with Gasteiger partial charge in [0.25, 0.3) is 0 Å². The molecular formula is C17H29N3O. The van der Waals surface area contributed by atoms with E-state index in [-0.39, 0.29) is 0 Å². The first-order valence-electron chi connectivity index (χ1n) is 8.07. The lowest BCUT2D eigenvalue weighted by Crippen LogP contribution is -2.32. The van der Waals surface area contributed by atoms with E-state index in [1.807, 2.05) is 18.5 Å². The highest BCUT2D eigenvalue weighted by atomic mass is 16.5. The maximum atomic E-state index is 6.13. The Morgan fingerprint density at radius 1 is 1.38 bits per heavy atom. The van der Waals surface area contributed by atoms with Crippen LogP contribution in [-0.4, -0.2) is 48.8 Å². The Morgan fingerprint density at radius 3 is 2.90 bits per heavy atom. The third-order valence-corrected chi connectivity index (χ3v) is 3.81. The lowest BCUT2D eigenvalue weighted by molar-refractivity contribution is 0.0265. The average Bonchev–Trinajstić information content (AvgIpc) is 2.86. The average molecular weight is 291 g/mol. The Kier molecular flexibility index (Phi) is 6.61. The number of rotatable bonds is 8. The highest BCUT2D eigenvalue weighted by Crippen LogP contribution is 2.20. The summed E-state index contributed by atoms with van der Waals surface area (Å²) in [5.74, 6) is 0.702. The second-order valence-corrected chi connectivity index (χ2v) is 6.57. The molecule has 2 heterocycles. The Labute approximate surface area is 128 Å². The molecule has 0 aliphatic carbocycles. The van der Waals surface area contributed by atoms with E-state index in [9.17, 15) is 0 Å². The number of hydrogen-bond donors (Lipinski definition) is 1. The molecule has 0 saturated carbocycles. The molecule has 0 amide bonds. The molecule has 1 aliphatic heterocycles. The molecule has 1 N–H and O–H groups in total. The monoisotopic (exact) mass is 291 g/mol. The lowest BCUT2D eigenvalue weighted by Gasteiger charge is -2.21. The maximum Gasteiger partial charge on any atom is 0.0707 e. The maximum absolute atomic E-state index is 6.13. The van der Waals surface area contributed by atoms with Gasteiger partial charge in [0.1, 0.15) is 0 Å². The van der Waals surface area contributed by atoms with E-state index in [0.29, 0.717) is 18.1 Å². The number of likely N-dealkylation sites (N-methyl/N-ethyl adjacent to an activating group) is 1. The van der Waals surface area contributed by atoms with E-state index in [1.165, 1.54) is 18.4 Å². The summed E-state index contributed by atoms with van der Waals surface area (Å²) in [7, 11) is 2.15. The van der Waals surface area contributed by atoms with E-state index in [1.54, 1.807) is 0 Å². The molecule has 0 aromatic carbocycles. The predicted octanol–water partition coefficient (Wildman–Crippen LogP) is 2.31. The molecule has 2 rings (SSSR count). The van der Waals surface area contributed by atoms with Gasteiger partial charge in [0.15, 0.2) is 0 Å². The molecule has 2 atom stereocenters. The van der Waals surface area contributed by atoms with Crippen LogP contribution in [0.15, 0.2) is 24.5 Å². The summed E-state index contributed by atoms with van der Waals surface area (Å²) in [5.41, 5.74) is 1.26. The highest BCUT2D eigenvalue weighted by molar-refractivity contribution is 5.07. The summed E-state index contributed by atoms with van der Waals surface area (Å²) in [5, 5.41) is 3.49. The Morgan fingerprint density at radius 2 is 2.19 bits per heavy atom. The van der Waals surface area contributed by atoms with Crippen LogP contribution < -0.4 is 5.32 Å². The molecule has 4 nitrogen and oxygen atoms in total. The third-order valence-electron chi connectivity index (χ3n) is 3.81. The Balaban J connectivity index is 1.65. The van der Waals surface area contributed by atoms with Crippen molar-refractivity contribution in [2.45, 2.75) is 45.4 Å². The van der Waals surface area contributed by atoms with Crippen molar-refractivity contribution in [1.82, 2.24) is 15.2 Å². The first-order valence-corrected chi connectivity index (χ1v) is 8.07. The molecule has 0 spiro atoms. The molecule has 4 heteroatoms. The van der Waals surface area contributed by atoms with Crippen LogP contribution in [0.25, 0.3) is 0 Å². The van der Waals surface area contributed by atoms with Crippen LogP contribution in [0.4, 0.5) is 0 Å². The topological polar surface area (TPSA) is 37.4 Å². The minimum absolute atomic E-state index is 0.373. The van der Waals surface area contributed by atoms with Crippen LogP contribution in [0.3, 0.4) is 0 Å². The van der Waals surface area contributed by atoms with Gasteiger partial charge in [-0.05, 0) is 44.0 Å². The van der Waals surface area contributed by atoms with Gasteiger partial charge < -0.3 is 10.1 Å². The van der Waals surface area contributed by atoms with Gasteiger partial charge in [0, 0.05) is 32.0 Å². The highest BCUT2D eigenvalue weighted by Gasteiger charge is 2.25. The smallest absolute Gasteiger partial charge is 0.0707 e. The van der Waals surface area contributed by atoms with Gasteiger partial charge in [-0.15, -0.1) is 0 Å². The van der Waals surface area contributed by atoms with Crippen molar-refractivity contribution in [3.63, 3.8) is 0 Å². The Bertz CT molecular complexity index is 396. The van der Waals surface area contributed by atoms with E-state index < -0.39 is 0 Å². The van der Waals surface area contributed by atoms with Gasteiger partial charge in [0.2, 0.25) is 0 Å². The van der Waals surface area contributed by atoms with Crippen molar-refractivity contribution in [3.8, 4) is 0 Å². The van der Waals surface area contributed by atoms with Crippen molar-refractivity contribution in [2.75, 3.05) is 26.7 Å². The molecule has 1 aromatic heterocycles. The summed E-state index contributed by atoms with van der Waals surface area (Å²) in [6.45, 7) is 8.46. The van der Waals surface area contributed by atoms with Crippen molar-refractivity contribution < 1.29 is 4.74 Å². The summed E-state index contributed by atoms with van der Waals surface area (Å²) >= 11 is 0. The molecule has 1 saturated heterocycles. The fourth-order valence-electron chi connectivity index (χ4n) is 2.81. The molecule has 0 bridgehead atoms.